The number of esters is 2. The molecule has 0 radical (unpaired) electrons. The summed E-state index contributed by atoms with van der Waals surface area (Å²) in [5.74, 6) is -1.96. The first-order chi connectivity index (χ1) is 24.8. The van der Waals surface area contributed by atoms with Crippen molar-refractivity contribution < 1.29 is 33.7 Å². The van der Waals surface area contributed by atoms with Crippen molar-refractivity contribution in [3.05, 3.63) is 135 Å². The Balaban J connectivity index is 0.982. The quantitative estimate of drug-likeness (QED) is 0.146. The van der Waals surface area contributed by atoms with E-state index in [4.69, 9.17) is 9.47 Å². The number of hydrogen-bond acceptors (Lipinski definition) is 9. The third-order valence-electron chi connectivity index (χ3n) is 9.95. The molecule has 4 aromatic carbocycles. The number of aromatic amines is 1. The van der Waals surface area contributed by atoms with Gasteiger partial charge in [-0.15, -0.1) is 0 Å². The first kappa shape index (κ1) is 32.8. The van der Waals surface area contributed by atoms with Crippen LogP contribution in [0.15, 0.2) is 95.8 Å². The minimum Gasteiger partial charge on any atom is -0.392 e. The first-order valence-electron chi connectivity index (χ1n) is 17.1. The number of piperidine rings is 1. The van der Waals surface area contributed by atoms with E-state index in [0.717, 1.165) is 53.7 Å². The third-order valence-corrected chi connectivity index (χ3v) is 9.95. The Bertz CT molecular complexity index is 2180. The van der Waals surface area contributed by atoms with Crippen LogP contribution in [0.2, 0.25) is 0 Å². The largest absolute Gasteiger partial charge is 0.392 e. The number of imidazole rings is 1. The number of para-hydroxylation sites is 2. The number of hydrogen-bond donors (Lipinski definition) is 3. The van der Waals surface area contributed by atoms with E-state index in [1.165, 1.54) is 18.2 Å². The Morgan fingerprint density at radius 1 is 0.843 bits per heavy atom. The van der Waals surface area contributed by atoms with Crippen molar-refractivity contribution >= 4 is 34.6 Å². The summed E-state index contributed by atoms with van der Waals surface area (Å²) in [5, 5.41) is 12.5. The standard InChI is InChI=1S/C39H36N4O8/c44-22-23-8-10-24(11-9-23)34-20-29(21-42-16-14-28(15-17-42)43-33-7-2-1-6-32(33)41-39(43)48)49-38(50-34)26-4-3-5-27(18-26)40-35(45)25-12-13-30-31(19-25)37(47)51-36(30)46/h1-13,18-19,28-29,34,38,44H,14-17,20-22H2,(H,40,45)(H,41,48). The Kier molecular flexibility index (Phi) is 8.82. The van der Waals surface area contributed by atoms with Crippen molar-refractivity contribution in [3.8, 4) is 0 Å². The fraction of sp³-hybridized carbons (Fsp3) is 0.282. The predicted molar refractivity (Wildman–Crippen MR) is 186 cm³/mol. The topological polar surface area (TPSA) is 152 Å². The normalized spacial score (nSPS) is 21.1. The average molecular weight is 689 g/mol. The van der Waals surface area contributed by atoms with Crippen molar-refractivity contribution in [2.24, 2.45) is 0 Å². The summed E-state index contributed by atoms with van der Waals surface area (Å²) < 4.78 is 19.7. The Morgan fingerprint density at radius 3 is 2.43 bits per heavy atom. The van der Waals surface area contributed by atoms with Gasteiger partial charge in [-0.1, -0.05) is 48.5 Å². The lowest BCUT2D eigenvalue weighted by Crippen LogP contribution is -2.43. The SMILES string of the molecule is O=C(Nc1cccc(C2OC(CN3CCC(n4c(=O)[nH]c5ccccc54)CC3)CC(c3ccc(CO)cc3)O2)c1)c1ccc2c(c1)C(=O)OC2=O. The van der Waals surface area contributed by atoms with Gasteiger partial charge in [-0.05, 0) is 66.4 Å². The molecular weight excluding hydrogens is 652 g/mol. The van der Waals surface area contributed by atoms with E-state index in [0.29, 0.717) is 18.7 Å². The number of cyclic esters (lactones) is 2. The highest BCUT2D eigenvalue weighted by Gasteiger charge is 2.35. The number of nitrogens with one attached hydrogen (secondary N) is 2. The molecule has 0 saturated carbocycles. The molecule has 3 N–H and O–H groups in total. The maximum atomic E-state index is 13.2. The molecule has 260 valence electrons. The van der Waals surface area contributed by atoms with Gasteiger partial charge < -0.3 is 34.5 Å². The molecule has 2 saturated heterocycles. The number of ether oxygens (including phenoxy) is 3. The molecule has 5 aromatic rings. The van der Waals surface area contributed by atoms with Crippen molar-refractivity contribution in [1.82, 2.24) is 14.5 Å². The van der Waals surface area contributed by atoms with Crippen LogP contribution < -0.4 is 11.0 Å². The molecule has 2 fully saturated rings. The van der Waals surface area contributed by atoms with Crippen molar-refractivity contribution in [1.29, 1.82) is 0 Å². The van der Waals surface area contributed by atoms with Gasteiger partial charge in [0.05, 0.1) is 41.0 Å². The van der Waals surface area contributed by atoms with Gasteiger partial charge >= 0.3 is 17.6 Å². The summed E-state index contributed by atoms with van der Waals surface area (Å²) in [6.07, 6.45) is 1.11. The number of carbonyl (C=O) groups is 3. The Morgan fingerprint density at radius 2 is 1.63 bits per heavy atom. The number of likely N-dealkylation sites (tertiary alicyclic amines) is 1. The molecule has 0 spiro atoms. The minimum atomic E-state index is -0.775. The van der Waals surface area contributed by atoms with Crippen LogP contribution in [0.3, 0.4) is 0 Å². The summed E-state index contributed by atoms with van der Waals surface area (Å²) in [7, 11) is 0. The fourth-order valence-corrected chi connectivity index (χ4v) is 7.31. The summed E-state index contributed by atoms with van der Waals surface area (Å²) in [5.41, 5.74) is 5.11. The summed E-state index contributed by atoms with van der Waals surface area (Å²) in [6, 6.07) is 27.1. The molecule has 12 nitrogen and oxygen atoms in total. The molecule has 4 heterocycles. The third kappa shape index (κ3) is 6.62. The number of amides is 1. The lowest BCUT2D eigenvalue weighted by molar-refractivity contribution is -0.253. The second-order valence-corrected chi connectivity index (χ2v) is 13.2. The van der Waals surface area contributed by atoms with Gasteiger partial charge in [-0.2, -0.15) is 0 Å². The zero-order chi connectivity index (χ0) is 35.1. The van der Waals surface area contributed by atoms with Crippen molar-refractivity contribution in [2.45, 2.75) is 50.4 Å². The molecule has 3 aliphatic rings. The van der Waals surface area contributed by atoms with Crippen LogP contribution in [0.1, 0.15) is 85.5 Å². The molecule has 3 atom stereocenters. The molecule has 0 aliphatic carbocycles. The average Bonchev–Trinajstić information content (AvgIpc) is 3.65. The fourth-order valence-electron chi connectivity index (χ4n) is 7.31. The van der Waals surface area contributed by atoms with Crippen LogP contribution in [0.5, 0.6) is 0 Å². The van der Waals surface area contributed by atoms with Gasteiger partial charge in [-0.25, -0.2) is 14.4 Å². The summed E-state index contributed by atoms with van der Waals surface area (Å²) in [6.45, 7) is 2.26. The molecule has 1 amide bonds. The van der Waals surface area contributed by atoms with E-state index in [1.54, 1.807) is 12.1 Å². The van der Waals surface area contributed by atoms with Crippen LogP contribution >= 0.6 is 0 Å². The molecule has 3 unspecified atom stereocenters. The Labute approximate surface area is 292 Å². The lowest BCUT2D eigenvalue weighted by Gasteiger charge is -2.40. The highest BCUT2D eigenvalue weighted by molar-refractivity contribution is 6.16. The van der Waals surface area contributed by atoms with Crippen LogP contribution in [0.25, 0.3) is 11.0 Å². The van der Waals surface area contributed by atoms with E-state index >= 15 is 0 Å². The van der Waals surface area contributed by atoms with Crippen molar-refractivity contribution in [2.75, 3.05) is 25.0 Å². The lowest BCUT2D eigenvalue weighted by atomic mass is 9.98. The molecular formula is C39H36N4O8. The molecule has 51 heavy (non-hydrogen) atoms. The monoisotopic (exact) mass is 688 g/mol. The number of aliphatic hydroxyl groups is 1. The van der Waals surface area contributed by atoms with Gasteiger partial charge in [0.25, 0.3) is 5.91 Å². The molecule has 12 heteroatoms. The van der Waals surface area contributed by atoms with E-state index in [2.05, 4.69) is 19.9 Å². The molecule has 8 rings (SSSR count). The molecule has 0 bridgehead atoms. The molecule has 3 aliphatic heterocycles. The van der Waals surface area contributed by atoms with Crippen LogP contribution in [-0.2, 0) is 20.8 Å². The highest BCUT2D eigenvalue weighted by Crippen LogP contribution is 2.39. The van der Waals surface area contributed by atoms with E-state index < -0.39 is 24.1 Å². The van der Waals surface area contributed by atoms with Crippen LogP contribution in [-0.4, -0.2) is 63.1 Å². The van der Waals surface area contributed by atoms with Crippen LogP contribution in [0, 0.1) is 0 Å². The highest BCUT2D eigenvalue weighted by atomic mass is 16.7. The zero-order valence-electron chi connectivity index (χ0n) is 27.6. The number of rotatable bonds is 8. The summed E-state index contributed by atoms with van der Waals surface area (Å²) in [4.78, 5) is 55.2. The maximum absolute atomic E-state index is 13.2. The minimum absolute atomic E-state index is 0.0486. The number of carbonyl (C=O) groups excluding carboxylic acids is 3. The van der Waals surface area contributed by atoms with Crippen LogP contribution in [0.4, 0.5) is 5.69 Å². The van der Waals surface area contributed by atoms with Gasteiger partial charge in [0.15, 0.2) is 6.29 Å². The van der Waals surface area contributed by atoms with Gasteiger partial charge in [-0.3, -0.25) is 9.36 Å². The number of H-pyrrole nitrogens is 1. The van der Waals surface area contributed by atoms with Gasteiger partial charge in [0.2, 0.25) is 0 Å². The number of anilines is 1. The number of nitrogens with zero attached hydrogens (tertiary/aromatic N) is 2. The molecule has 1 aromatic heterocycles. The second kappa shape index (κ2) is 13.7. The maximum Gasteiger partial charge on any atom is 0.346 e. The van der Waals surface area contributed by atoms with E-state index in [9.17, 15) is 24.3 Å². The predicted octanol–water partition coefficient (Wildman–Crippen LogP) is 5.27. The van der Waals surface area contributed by atoms with Gasteiger partial charge in [0.1, 0.15) is 0 Å². The number of fused-ring (bicyclic) bond motifs is 2. The zero-order valence-corrected chi connectivity index (χ0v) is 27.6. The second-order valence-electron chi connectivity index (χ2n) is 13.2. The number of aromatic nitrogens is 2. The first-order valence-corrected chi connectivity index (χ1v) is 17.1. The van der Waals surface area contributed by atoms with Gasteiger partial charge in [0, 0.05) is 48.9 Å². The smallest absolute Gasteiger partial charge is 0.346 e. The number of aliphatic hydroxyl groups excluding tert-OH is 1. The Hall–Kier alpha value is -5.40. The number of benzene rings is 4. The van der Waals surface area contributed by atoms with Crippen molar-refractivity contribution in [3.63, 3.8) is 0 Å². The van der Waals surface area contributed by atoms with E-state index in [-0.39, 0.29) is 47.2 Å². The summed E-state index contributed by atoms with van der Waals surface area (Å²) >= 11 is 0. The van der Waals surface area contributed by atoms with E-state index in [1.807, 2.05) is 65.2 Å².